The van der Waals surface area contributed by atoms with Crippen molar-refractivity contribution in [2.75, 3.05) is 33.2 Å². The van der Waals surface area contributed by atoms with Gasteiger partial charge in [-0.15, -0.1) is 0 Å². The number of rotatable bonds is 7. The third-order valence-electron chi connectivity index (χ3n) is 3.67. The summed E-state index contributed by atoms with van der Waals surface area (Å²) >= 11 is 0. The molecule has 1 aliphatic rings. The van der Waals surface area contributed by atoms with Crippen LogP contribution >= 0.6 is 0 Å². The van der Waals surface area contributed by atoms with E-state index < -0.39 is 0 Å². The highest BCUT2D eigenvalue weighted by atomic mass is 16.5. The number of ether oxygens (including phenoxy) is 1. The maximum Gasteiger partial charge on any atom is 0.324 e. The minimum Gasteiger partial charge on any atom is -0.489 e. The molecule has 1 heterocycles. The van der Waals surface area contributed by atoms with Crippen molar-refractivity contribution in [3.63, 3.8) is 0 Å². The fourth-order valence-electron chi connectivity index (χ4n) is 2.39. The van der Waals surface area contributed by atoms with Crippen molar-refractivity contribution >= 4 is 17.9 Å². The lowest BCUT2D eigenvalue weighted by Crippen LogP contribution is -2.45. The molecule has 1 aromatic carbocycles. The Morgan fingerprint density at radius 3 is 2.84 bits per heavy atom. The molecule has 1 saturated heterocycles. The van der Waals surface area contributed by atoms with Crippen LogP contribution in [-0.2, 0) is 4.79 Å². The highest BCUT2D eigenvalue weighted by Gasteiger charge is 2.27. The summed E-state index contributed by atoms with van der Waals surface area (Å²) in [4.78, 5) is 28.2. The molecule has 1 aromatic rings. The second kappa shape index (κ2) is 8.91. The zero-order valence-electron chi connectivity index (χ0n) is 14.8. The van der Waals surface area contributed by atoms with Crippen LogP contribution in [0.1, 0.15) is 12.5 Å². The van der Waals surface area contributed by atoms with Gasteiger partial charge in [0, 0.05) is 20.1 Å². The Kier molecular flexibility index (Phi) is 6.62. The number of benzene rings is 1. The molecule has 8 heteroatoms. The number of aryl methyl sites for hydroxylation is 1. The standard InChI is InChI=1S/C17H25N5O3/c1-12-5-4-6-14(9-12)25-13(2)10-20-16(18-3)19-7-8-22-15(23)11-21-17(22)24/h4-6,9,13H,7-8,10-11H2,1-3H3,(H,21,24)(H2,18,19,20). The van der Waals surface area contributed by atoms with E-state index in [4.69, 9.17) is 4.74 Å². The van der Waals surface area contributed by atoms with E-state index in [0.29, 0.717) is 25.6 Å². The van der Waals surface area contributed by atoms with Gasteiger partial charge in [-0.05, 0) is 31.5 Å². The van der Waals surface area contributed by atoms with E-state index in [9.17, 15) is 9.59 Å². The number of urea groups is 1. The van der Waals surface area contributed by atoms with Gasteiger partial charge in [0.15, 0.2) is 5.96 Å². The van der Waals surface area contributed by atoms with Crippen LogP contribution in [0.4, 0.5) is 4.79 Å². The van der Waals surface area contributed by atoms with Gasteiger partial charge in [0.25, 0.3) is 0 Å². The Balaban J connectivity index is 1.71. The molecule has 25 heavy (non-hydrogen) atoms. The lowest BCUT2D eigenvalue weighted by molar-refractivity contribution is -0.124. The maximum absolute atomic E-state index is 11.5. The molecule has 3 amide bonds. The van der Waals surface area contributed by atoms with Gasteiger partial charge in [0.2, 0.25) is 5.91 Å². The Hall–Kier alpha value is -2.77. The average Bonchev–Trinajstić information content (AvgIpc) is 2.89. The van der Waals surface area contributed by atoms with Gasteiger partial charge in [-0.2, -0.15) is 0 Å². The highest BCUT2D eigenvalue weighted by molar-refractivity contribution is 6.01. The van der Waals surface area contributed by atoms with Crippen LogP contribution in [0.2, 0.25) is 0 Å². The van der Waals surface area contributed by atoms with E-state index in [1.165, 1.54) is 4.90 Å². The fraction of sp³-hybridized carbons (Fsp3) is 0.471. The molecule has 1 aliphatic heterocycles. The van der Waals surface area contributed by atoms with Gasteiger partial charge >= 0.3 is 6.03 Å². The van der Waals surface area contributed by atoms with Crippen molar-refractivity contribution < 1.29 is 14.3 Å². The van der Waals surface area contributed by atoms with E-state index >= 15 is 0 Å². The summed E-state index contributed by atoms with van der Waals surface area (Å²) in [7, 11) is 1.66. The number of carbonyl (C=O) groups excluding carboxylic acids is 2. The molecular weight excluding hydrogens is 322 g/mol. The van der Waals surface area contributed by atoms with Gasteiger partial charge in [-0.3, -0.25) is 14.7 Å². The van der Waals surface area contributed by atoms with Gasteiger partial charge in [-0.25, -0.2) is 4.79 Å². The number of hydrogen-bond acceptors (Lipinski definition) is 4. The predicted molar refractivity (Wildman–Crippen MR) is 95.7 cm³/mol. The van der Waals surface area contributed by atoms with Crippen LogP contribution in [0.25, 0.3) is 0 Å². The number of nitrogens with one attached hydrogen (secondary N) is 3. The van der Waals surface area contributed by atoms with Crippen LogP contribution in [0.5, 0.6) is 5.75 Å². The van der Waals surface area contributed by atoms with E-state index in [1.807, 2.05) is 38.1 Å². The summed E-state index contributed by atoms with van der Waals surface area (Å²) in [6.07, 6.45) is -0.0497. The van der Waals surface area contributed by atoms with E-state index in [0.717, 1.165) is 11.3 Å². The first-order valence-corrected chi connectivity index (χ1v) is 8.25. The normalized spacial score (nSPS) is 15.8. The Morgan fingerprint density at radius 1 is 1.40 bits per heavy atom. The predicted octanol–water partition coefficient (Wildman–Crippen LogP) is 0.479. The molecule has 8 nitrogen and oxygen atoms in total. The average molecular weight is 347 g/mol. The molecule has 0 aromatic heterocycles. The van der Waals surface area contributed by atoms with Crippen LogP contribution in [0.15, 0.2) is 29.3 Å². The molecule has 1 unspecified atom stereocenters. The Labute approximate surface area is 147 Å². The first-order valence-electron chi connectivity index (χ1n) is 8.25. The molecule has 0 saturated carbocycles. The zero-order chi connectivity index (χ0) is 18.2. The summed E-state index contributed by atoms with van der Waals surface area (Å²) in [6.45, 7) is 5.34. The number of aliphatic imine (C=N–C) groups is 1. The second-order valence-corrected chi connectivity index (χ2v) is 5.83. The molecule has 3 N–H and O–H groups in total. The van der Waals surface area contributed by atoms with Crippen molar-refractivity contribution in [2.24, 2.45) is 4.99 Å². The van der Waals surface area contributed by atoms with Crippen molar-refractivity contribution in [3.05, 3.63) is 29.8 Å². The Bertz CT molecular complexity index is 631. The summed E-state index contributed by atoms with van der Waals surface area (Å²) in [6, 6.07) is 7.54. The van der Waals surface area contributed by atoms with Crippen LogP contribution < -0.4 is 20.7 Å². The van der Waals surface area contributed by atoms with Crippen molar-refractivity contribution in [2.45, 2.75) is 20.0 Å². The largest absolute Gasteiger partial charge is 0.489 e. The summed E-state index contributed by atoms with van der Waals surface area (Å²) in [5.74, 6) is 1.21. The number of carbonyl (C=O) groups is 2. The second-order valence-electron chi connectivity index (χ2n) is 5.83. The lowest BCUT2D eigenvalue weighted by Gasteiger charge is -2.19. The minimum absolute atomic E-state index is 0.0497. The van der Waals surface area contributed by atoms with E-state index in [1.54, 1.807) is 7.05 Å². The number of amides is 3. The molecule has 0 bridgehead atoms. The molecule has 136 valence electrons. The molecule has 0 spiro atoms. The quantitative estimate of drug-likeness (QED) is 0.379. The molecule has 0 radical (unpaired) electrons. The Morgan fingerprint density at radius 2 is 2.20 bits per heavy atom. The number of hydrogen-bond donors (Lipinski definition) is 3. The van der Waals surface area contributed by atoms with Crippen LogP contribution in [0, 0.1) is 6.92 Å². The lowest BCUT2D eigenvalue weighted by atomic mass is 10.2. The molecule has 0 aliphatic carbocycles. The van der Waals surface area contributed by atoms with E-state index in [2.05, 4.69) is 20.9 Å². The zero-order valence-corrected chi connectivity index (χ0v) is 14.8. The maximum atomic E-state index is 11.5. The van der Waals surface area contributed by atoms with Gasteiger partial charge in [0.05, 0.1) is 13.1 Å². The van der Waals surface area contributed by atoms with Crippen LogP contribution in [-0.4, -0.2) is 62.1 Å². The number of imide groups is 1. The van der Waals surface area contributed by atoms with E-state index in [-0.39, 0.29) is 24.6 Å². The summed E-state index contributed by atoms with van der Waals surface area (Å²) in [5.41, 5.74) is 1.15. The van der Waals surface area contributed by atoms with Gasteiger partial charge in [0.1, 0.15) is 11.9 Å². The molecule has 1 atom stereocenters. The first-order chi connectivity index (χ1) is 12.0. The monoisotopic (exact) mass is 347 g/mol. The van der Waals surface area contributed by atoms with Crippen molar-refractivity contribution in [1.82, 2.24) is 20.9 Å². The minimum atomic E-state index is -0.352. The SMILES string of the molecule is CN=C(NCCN1C(=O)CNC1=O)NCC(C)Oc1cccc(C)c1. The number of guanidine groups is 1. The van der Waals surface area contributed by atoms with Gasteiger partial charge < -0.3 is 20.7 Å². The van der Waals surface area contributed by atoms with Crippen LogP contribution in [0.3, 0.4) is 0 Å². The number of nitrogens with zero attached hydrogens (tertiary/aromatic N) is 2. The van der Waals surface area contributed by atoms with Gasteiger partial charge in [-0.1, -0.05) is 12.1 Å². The third-order valence-corrected chi connectivity index (χ3v) is 3.67. The molecule has 2 rings (SSSR count). The summed E-state index contributed by atoms with van der Waals surface area (Å²) in [5, 5.41) is 8.72. The first kappa shape index (κ1) is 18.6. The molecular formula is C17H25N5O3. The smallest absolute Gasteiger partial charge is 0.324 e. The molecule has 1 fully saturated rings. The summed E-state index contributed by atoms with van der Waals surface area (Å²) < 4.78 is 5.85. The highest BCUT2D eigenvalue weighted by Crippen LogP contribution is 2.13. The van der Waals surface area contributed by atoms with Crippen molar-refractivity contribution in [1.29, 1.82) is 0 Å². The fourth-order valence-corrected chi connectivity index (χ4v) is 2.39. The topological polar surface area (TPSA) is 95.1 Å². The van der Waals surface area contributed by atoms with Crippen molar-refractivity contribution in [3.8, 4) is 5.75 Å². The third kappa shape index (κ3) is 5.66.